The van der Waals surface area contributed by atoms with Gasteiger partial charge >= 0.3 is 0 Å². The number of nitrogens with zero attached hydrogens (tertiary/aromatic N) is 2. The molecule has 0 fully saturated rings. The molecule has 1 N–H and O–H groups in total. The van der Waals surface area contributed by atoms with Gasteiger partial charge < -0.3 is 0 Å². The molecular weight excluding hydrogens is 358 g/mol. The summed E-state index contributed by atoms with van der Waals surface area (Å²) in [6.45, 7) is 0. The molecule has 25 heavy (non-hydrogen) atoms. The molecule has 3 aromatic rings. The average molecular weight is 371 g/mol. The number of non-ortho nitro benzene ring substituents is 1. The van der Waals surface area contributed by atoms with E-state index in [0.29, 0.717) is 5.13 Å². The SMILES string of the molecule is CSc1ccc(-c2csc(NC(=O)c3cccc([N+](=O)[O-])c3)n2)cc1. The number of thiazole rings is 1. The zero-order chi connectivity index (χ0) is 17.8. The van der Waals surface area contributed by atoms with Crippen molar-refractivity contribution in [2.75, 3.05) is 11.6 Å². The highest BCUT2D eigenvalue weighted by atomic mass is 32.2. The van der Waals surface area contributed by atoms with Crippen LogP contribution in [0.15, 0.2) is 58.8 Å². The first-order chi connectivity index (χ1) is 12.1. The molecule has 1 aromatic heterocycles. The Morgan fingerprint density at radius 1 is 1.24 bits per heavy atom. The highest BCUT2D eigenvalue weighted by molar-refractivity contribution is 7.98. The van der Waals surface area contributed by atoms with Crippen LogP contribution >= 0.6 is 23.1 Å². The number of amides is 1. The number of hydrogen-bond donors (Lipinski definition) is 1. The van der Waals surface area contributed by atoms with Gasteiger partial charge in [-0.25, -0.2) is 4.98 Å². The summed E-state index contributed by atoms with van der Waals surface area (Å²) in [5.74, 6) is -0.428. The maximum Gasteiger partial charge on any atom is 0.270 e. The highest BCUT2D eigenvalue weighted by Gasteiger charge is 2.13. The lowest BCUT2D eigenvalue weighted by molar-refractivity contribution is -0.384. The standard InChI is InChI=1S/C17H13N3O3S2/c1-24-14-7-5-11(6-8-14)15-10-25-17(18-15)19-16(21)12-3-2-4-13(9-12)20(22)23/h2-10H,1H3,(H,18,19,21). The van der Waals surface area contributed by atoms with Gasteiger partial charge in [-0.2, -0.15) is 0 Å². The van der Waals surface area contributed by atoms with Crippen molar-refractivity contribution in [2.24, 2.45) is 0 Å². The fraction of sp³-hybridized carbons (Fsp3) is 0.0588. The van der Waals surface area contributed by atoms with Crippen molar-refractivity contribution in [3.63, 3.8) is 0 Å². The monoisotopic (exact) mass is 371 g/mol. The predicted octanol–water partition coefficient (Wildman–Crippen LogP) is 4.69. The van der Waals surface area contributed by atoms with E-state index in [1.807, 2.05) is 35.9 Å². The van der Waals surface area contributed by atoms with Crippen LogP contribution in [0.2, 0.25) is 0 Å². The van der Waals surface area contributed by atoms with Gasteiger partial charge in [0.05, 0.1) is 10.6 Å². The quantitative estimate of drug-likeness (QED) is 0.399. The maximum absolute atomic E-state index is 12.2. The van der Waals surface area contributed by atoms with Gasteiger partial charge in [0.2, 0.25) is 0 Å². The summed E-state index contributed by atoms with van der Waals surface area (Å²) in [4.78, 5) is 28.1. The van der Waals surface area contributed by atoms with E-state index in [4.69, 9.17) is 0 Å². The van der Waals surface area contributed by atoms with E-state index in [2.05, 4.69) is 10.3 Å². The van der Waals surface area contributed by atoms with Crippen LogP contribution in [0.25, 0.3) is 11.3 Å². The molecule has 0 saturated heterocycles. The molecule has 3 rings (SSSR count). The van der Waals surface area contributed by atoms with Crippen molar-refractivity contribution >= 4 is 39.8 Å². The third-order valence-electron chi connectivity index (χ3n) is 3.43. The Hall–Kier alpha value is -2.71. The van der Waals surface area contributed by atoms with E-state index in [9.17, 15) is 14.9 Å². The Morgan fingerprint density at radius 2 is 2.00 bits per heavy atom. The molecule has 0 radical (unpaired) electrons. The first-order valence-electron chi connectivity index (χ1n) is 7.22. The largest absolute Gasteiger partial charge is 0.298 e. The summed E-state index contributed by atoms with van der Waals surface area (Å²) in [5.41, 5.74) is 1.83. The predicted molar refractivity (Wildman–Crippen MR) is 100 cm³/mol. The van der Waals surface area contributed by atoms with Gasteiger partial charge in [0.1, 0.15) is 0 Å². The third kappa shape index (κ3) is 4.04. The fourth-order valence-corrected chi connectivity index (χ4v) is 3.28. The summed E-state index contributed by atoms with van der Waals surface area (Å²) >= 11 is 2.97. The lowest BCUT2D eigenvalue weighted by Crippen LogP contribution is -2.11. The first-order valence-corrected chi connectivity index (χ1v) is 9.33. The van der Waals surface area contributed by atoms with Gasteiger partial charge in [-0.15, -0.1) is 23.1 Å². The molecule has 0 aliphatic carbocycles. The second kappa shape index (κ2) is 7.45. The van der Waals surface area contributed by atoms with E-state index in [1.165, 1.54) is 35.6 Å². The number of nitro benzene ring substituents is 1. The van der Waals surface area contributed by atoms with Crippen LogP contribution in [-0.2, 0) is 0 Å². The molecule has 2 aromatic carbocycles. The number of aromatic nitrogens is 1. The van der Waals surface area contributed by atoms with Crippen molar-refractivity contribution in [2.45, 2.75) is 4.90 Å². The molecule has 0 spiro atoms. The minimum absolute atomic E-state index is 0.124. The number of nitro groups is 1. The fourth-order valence-electron chi connectivity index (χ4n) is 2.16. The van der Waals surface area contributed by atoms with E-state index >= 15 is 0 Å². The van der Waals surface area contributed by atoms with Crippen LogP contribution in [0.5, 0.6) is 0 Å². The lowest BCUT2D eigenvalue weighted by Gasteiger charge is -2.02. The zero-order valence-electron chi connectivity index (χ0n) is 13.1. The number of thioether (sulfide) groups is 1. The van der Waals surface area contributed by atoms with E-state index in [1.54, 1.807) is 11.8 Å². The normalized spacial score (nSPS) is 10.4. The van der Waals surface area contributed by atoms with Gasteiger partial charge in [-0.1, -0.05) is 18.2 Å². The van der Waals surface area contributed by atoms with Crippen LogP contribution in [0.4, 0.5) is 10.8 Å². The number of benzene rings is 2. The first kappa shape index (κ1) is 17.1. The average Bonchev–Trinajstić information content (AvgIpc) is 3.10. The van der Waals surface area contributed by atoms with Crippen LogP contribution < -0.4 is 5.32 Å². The molecule has 0 aliphatic heterocycles. The molecule has 0 unspecified atom stereocenters. The van der Waals surface area contributed by atoms with Gasteiger partial charge in [0.15, 0.2) is 5.13 Å². The number of carbonyl (C=O) groups excluding carboxylic acids is 1. The summed E-state index contributed by atoms with van der Waals surface area (Å²) in [7, 11) is 0. The number of anilines is 1. The molecular formula is C17H13N3O3S2. The molecule has 0 atom stereocenters. The van der Waals surface area contributed by atoms with Gasteiger partial charge in [-0.3, -0.25) is 20.2 Å². The van der Waals surface area contributed by atoms with E-state index in [0.717, 1.165) is 16.2 Å². The molecule has 0 bridgehead atoms. The number of carbonyl (C=O) groups is 1. The highest BCUT2D eigenvalue weighted by Crippen LogP contribution is 2.27. The Kier molecular flexibility index (Phi) is 5.11. The second-order valence-electron chi connectivity index (χ2n) is 5.03. The van der Waals surface area contributed by atoms with Crippen LogP contribution in [-0.4, -0.2) is 22.1 Å². The minimum Gasteiger partial charge on any atom is -0.298 e. The summed E-state index contributed by atoms with van der Waals surface area (Å²) in [6.07, 6.45) is 2.01. The maximum atomic E-state index is 12.2. The van der Waals surface area contributed by atoms with Crippen molar-refractivity contribution in [1.82, 2.24) is 4.98 Å². The summed E-state index contributed by atoms with van der Waals surface area (Å²) < 4.78 is 0. The molecule has 6 nitrogen and oxygen atoms in total. The molecule has 1 heterocycles. The van der Waals surface area contributed by atoms with Gasteiger partial charge in [0, 0.05) is 33.5 Å². The number of rotatable bonds is 5. The Bertz CT molecular complexity index is 923. The Balaban J connectivity index is 1.75. The van der Waals surface area contributed by atoms with Crippen molar-refractivity contribution in [1.29, 1.82) is 0 Å². The Morgan fingerprint density at radius 3 is 2.68 bits per heavy atom. The smallest absolute Gasteiger partial charge is 0.270 e. The van der Waals surface area contributed by atoms with E-state index < -0.39 is 10.8 Å². The zero-order valence-corrected chi connectivity index (χ0v) is 14.8. The van der Waals surface area contributed by atoms with Crippen molar-refractivity contribution < 1.29 is 9.72 Å². The van der Waals surface area contributed by atoms with Crippen molar-refractivity contribution in [3.05, 3.63) is 69.6 Å². The Labute approximate surface area is 152 Å². The lowest BCUT2D eigenvalue weighted by atomic mass is 10.2. The molecule has 0 saturated carbocycles. The van der Waals surface area contributed by atoms with Crippen LogP contribution in [0.1, 0.15) is 10.4 Å². The number of hydrogen-bond acceptors (Lipinski definition) is 6. The molecule has 8 heteroatoms. The van der Waals surface area contributed by atoms with Gasteiger partial charge in [0.25, 0.3) is 11.6 Å². The van der Waals surface area contributed by atoms with Crippen LogP contribution in [0, 0.1) is 10.1 Å². The summed E-state index contributed by atoms with van der Waals surface area (Å²) in [6, 6.07) is 13.6. The second-order valence-corrected chi connectivity index (χ2v) is 6.77. The van der Waals surface area contributed by atoms with Crippen molar-refractivity contribution in [3.8, 4) is 11.3 Å². The van der Waals surface area contributed by atoms with Gasteiger partial charge in [-0.05, 0) is 24.5 Å². The molecule has 1 amide bonds. The number of nitrogens with one attached hydrogen (secondary N) is 1. The van der Waals surface area contributed by atoms with Crippen LogP contribution in [0.3, 0.4) is 0 Å². The minimum atomic E-state index is -0.531. The molecule has 126 valence electrons. The van der Waals surface area contributed by atoms with E-state index in [-0.39, 0.29) is 11.3 Å². The summed E-state index contributed by atoms with van der Waals surface area (Å²) in [5, 5.41) is 15.8. The molecule has 0 aliphatic rings. The third-order valence-corrected chi connectivity index (χ3v) is 4.93. The topological polar surface area (TPSA) is 85.1 Å².